The van der Waals surface area contributed by atoms with Crippen molar-refractivity contribution < 1.29 is 19.4 Å². The number of nitrogens with one attached hydrogen (secondary N) is 1. The summed E-state index contributed by atoms with van der Waals surface area (Å²) in [6.45, 7) is 15.2. The van der Waals surface area contributed by atoms with E-state index in [1.807, 2.05) is 18.2 Å². The third kappa shape index (κ3) is 8.53. The molecule has 1 fully saturated rings. The molecule has 2 heterocycles. The predicted molar refractivity (Wildman–Crippen MR) is 166 cm³/mol. The fourth-order valence-corrected chi connectivity index (χ4v) is 5.97. The lowest BCUT2D eigenvalue weighted by atomic mass is 9.76. The molecule has 10 nitrogen and oxygen atoms in total. The molecule has 0 atom stereocenters. The standard InChI is InChI=1S/C31H44N6O4Si/c1-31(2)10-8-24(9-11-31)26-18-23(20-35-12-14-36(15-13-35)30(39)40)6-7-27(26)34-29(38)28-33-25(19-32)21-37(28)22-41-16-17-42(3,4)5/h6-8,18,21H,9-17,20,22H2,1-5H3,(H,34,38)(H,39,40). The Morgan fingerprint density at radius 2 is 1.93 bits per heavy atom. The molecule has 226 valence electrons. The first-order valence-electron chi connectivity index (χ1n) is 14.7. The van der Waals surface area contributed by atoms with Gasteiger partial charge in [-0.1, -0.05) is 45.6 Å². The number of amides is 2. The lowest BCUT2D eigenvalue weighted by molar-refractivity contribution is 0.0808. The van der Waals surface area contributed by atoms with Gasteiger partial charge in [-0.25, -0.2) is 9.78 Å². The minimum absolute atomic E-state index is 0.143. The first-order chi connectivity index (χ1) is 19.8. The van der Waals surface area contributed by atoms with Gasteiger partial charge in [0, 0.05) is 64.9 Å². The topological polar surface area (TPSA) is 124 Å². The molecule has 2 aliphatic rings. The van der Waals surface area contributed by atoms with Crippen LogP contribution in [0.5, 0.6) is 0 Å². The summed E-state index contributed by atoms with van der Waals surface area (Å²) >= 11 is 0. The molecule has 4 rings (SSSR count). The zero-order valence-electron chi connectivity index (χ0n) is 25.6. The Morgan fingerprint density at radius 3 is 2.55 bits per heavy atom. The molecule has 1 aliphatic carbocycles. The highest BCUT2D eigenvalue weighted by Gasteiger charge is 2.25. The average molecular weight is 593 g/mol. The highest BCUT2D eigenvalue weighted by atomic mass is 28.3. The molecule has 2 amide bonds. The van der Waals surface area contributed by atoms with E-state index in [1.54, 1.807) is 10.8 Å². The number of carbonyl (C=O) groups excluding carboxylic acids is 1. The summed E-state index contributed by atoms with van der Waals surface area (Å²) in [6.07, 6.45) is 5.90. The lowest BCUT2D eigenvalue weighted by Gasteiger charge is -2.33. The second-order valence-electron chi connectivity index (χ2n) is 13.4. The van der Waals surface area contributed by atoms with Gasteiger partial charge in [0.2, 0.25) is 5.82 Å². The minimum Gasteiger partial charge on any atom is -0.465 e. The molecular weight excluding hydrogens is 548 g/mol. The van der Waals surface area contributed by atoms with Crippen LogP contribution in [0.4, 0.5) is 10.5 Å². The summed E-state index contributed by atoms with van der Waals surface area (Å²) in [5.41, 5.74) is 4.43. The number of nitrogens with zero attached hydrogens (tertiary/aromatic N) is 5. The van der Waals surface area contributed by atoms with Crippen LogP contribution < -0.4 is 5.32 Å². The number of imidazole rings is 1. The molecular formula is C31H44N6O4Si. The van der Waals surface area contributed by atoms with Gasteiger partial charge < -0.3 is 24.6 Å². The van der Waals surface area contributed by atoms with Gasteiger partial charge in [-0.3, -0.25) is 9.69 Å². The Morgan fingerprint density at radius 1 is 1.19 bits per heavy atom. The van der Waals surface area contributed by atoms with Crippen LogP contribution in [-0.2, 0) is 18.0 Å². The van der Waals surface area contributed by atoms with Gasteiger partial charge in [0.25, 0.3) is 5.91 Å². The normalized spacial score (nSPS) is 17.4. The monoisotopic (exact) mass is 592 g/mol. The number of piperazine rings is 1. The number of hydrogen-bond acceptors (Lipinski definition) is 6. The molecule has 0 bridgehead atoms. The number of aromatic nitrogens is 2. The van der Waals surface area contributed by atoms with E-state index in [1.165, 1.54) is 10.5 Å². The smallest absolute Gasteiger partial charge is 0.407 e. The van der Waals surface area contributed by atoms with Gasteiger partial charge in [-0.2, -0.15) is 5.26 Å². The van der Waals surface area contributed by atoms with Gasteiger partial charge in [0.15, 0.2) is 5.69 Å². The maximum Gasteiger partial charge on any atom is 0.407 e. The molecule has 1 saturated heterocycles. The molecule has 0 saturated carbocycles. The highest BCUT2D eigenvalue weighted by molar-refractivity contribution is 6.76. The van der Waals surface area contributed by atoms with Crippen molar-refractivity contribution >= 4 is 31.3 Å². The molecule has 0 spiro atoms. The molecule has 2 aromatic rings. The Balaban J connectivity index is 1.54. The van der Waals surface area contributed by atoms with Gasteiger partial charge in [0.05, 0.1) is 0 Å². The number of carbonyl (C=O) groups is 2. The molecule has 1 aliphatic heterocycles. The summed E-state index contributed by atoms with van der Waals surface area (Å²) in [5, 5.41) is 21.8. The summed E-state index contributed by atoms with van der Waals surface area (Å²) < 4.78 is 7.46. The van der Waals surface area contributed by atoms with E-state index in [-0.39, 0.29) is 29.6 Å². The Labute approximate surface area is 250 Å². The zero-order valence-corrected chi connectivity index (χ0v) is 26.6. The Bertz CT molecular complexity index is 1360. The summed E-state index contributed by atoms with van der Waals surface area (Å²) in [5.74, 6) is -0.245. The summed E-state index contributed by atoms with van der Waals surface area (Å²) in [4.78, 5) is 32.8. The summed E-state index contributed by atoms with van der Waals surface area (Å²) in [7, 11) is -1.26. The minimum atomic E-state index is -1.26. The molecule has 42 heavy (non-hydrogen) atoms. The van der Waals surface area contributed by atoms with Gasteiger partial charge in [-0.15, -0.1) is 0 Å². The van der Waals surface area contributed by atoms with Gasteiger partial charge in [-0.05, 0) is 54.0 Å². The van der Waals surface area contributed by atoms with Gasteiger partial charge >= 0.3 is 6.09 Å². The fraction of sp³-hybridized carbons (Fsp3) is 0.548. The van der Waals surface area contributed by atoms with Crippen molar-refractivity contribution in [1.29, 1.82) is 5.26 Å². The van der Waals surface area contributed by atoms with Crippen molar-refractivity contribution in [3.05, 3.63) is 53.1 Å². The maximum absolute atomic E-state index is 13.5. The van der Waals surface area contributed by atoms with Crippen molar-refractivity contribution in [3.8, 4) is 6.07 Å². The number of nitriles is 1. The average Bonchev–Trinajstić information content (AvgIpc) is 3.35. The van der Waals surface area contributed by atoms with Crippen LogP contribution in [0.25, 0.3) is 5.57 Å². The molecule has 11 heteroatoms. The number of hydrogen-bond donors (Lipinski definition) is 2. The molecule has 1 aromatic heterocycles. The van der Waals surface area contributed by atoms with Gasteiger partial charge in [0.1, 0.15) is 12.8 Å². The second-order valence-corrected chi connectivity index (χ2v) is 19.0. The second kappa shape index (κ2) is 13.2. The fourth-order valence-electron chi connectivity index (χ4n) is 5.21. The number of carboxylic acid groups (broad SMARTS) is 1. The van der Waals surface area contributed by atoms with Crippen molar-refractivity contribution in [2.45, 2.75) is 72.1 Å². The van der Waals surface area contributed by atoms with E-state index in [9.17, 15) is 20.0 Å². The summed E-state index contributed by atoms with van der Waals surface area (Å²) in [6, 6.07) is 9.15. The van der Waals surface area contributed by atoms with Crippen LogP contribution in [0.15, 0.2) is 30.5 Å². The van der Waals surface area contributed by atoms with Crippen LogP contribution in [0.1, 0.15) is 60.5 Å². The first kappa shape index (κ1) is 31.5. The Hall–Kier alpha value is -3.46. The van der Waals surface area contributed by atoms with E-state index in [0.717, 1.165) is 36.4 Å². The van der Waals surface area contributed by atoms with Crippen molar-refractivity contribution in [3.63, 3.8) is 0 Å². The van der Waals surface area contributed by atoms with Crippen LogP contribution in [0.3, 0.4) is 0 Å². The van der Waals surface area contributed by atoms with E-state index in [2.05, 4.69) is 60.8 Å². The van der Waals surface area contributed by atoms with E-state index in [4.69, 9.17) is 4.74 Å². The maximum atomic E-state index is 13.5. The number of allylic oxidation sites excluding steroid dienone is 2. The van der Waals surface area contributed by atoms with Crippen LogP contribution in [0.2, 0.25) is 25.7 Å². The van der Waals surface area contributed by atoms with E-state index < -0.39 is 14.2 Å². The quantitative estimate of drug-likeness (QED) is 0.268. The van der Waals surface area contributed by atoms with Crippen molar-refractivity contribution in [2.75, 3.05) is 38.1 Å². The highest BCUT2D eigenvalue weighted by Crippen LogP contribution is 2.40. The molecule has 2 N–H and O–H groups in total. The Kier molecular flexibility index (Phi) is 9.92. The van der Waals surface area contributed by atoms with Crippen LogP contribution >= 0.6 is 0 Å². The number of rotatable bonds is 10. The lowest BCUT2D eigenvalue weighted by Crippen LogP contribution is -2.47. The van der Waals surface area contributed by atoms with E-state index in [0.29, 0.717) is 45.0 Å². The van der Waals surface area contributed by atoms with Crippen molar-refractivity contribution in [1.82, 2.24) is 19.4 Å². The number of benzene rings is 1. The van der Waals surface area contributed by atoms with E-state index >= 15 is 0 Å². The molecule has 1 aromatic carbocycles. The van der Waals surface area contributed by atoms with Crippen LogP contribution in [-0.4, -0.2) is 77.3 Å². The SMILES string of the molecule is CC1(C)CC=C(c2cc(CN3CCN(C(=O)O)CC3)ccc2NC(=O)c2nc(C#N)cn2COCC[Si](C)(C)C)CC1. The zero-order chi connectivity index (χ0) is 30.5. The number of anilines is 1. The first-order valence-corrected chi connectivity index (χ1v) is 18.4. The molecule has 0 unspecified atom stereocenters. The van der Waals surface area contributed by atoms with Crippen LogP contribution in [0, 0.1) is 16.7 Å². The van der Waals surface area contributed by atoms with Crippen molar-refractivity contribution in [2.24, 2.45) is 5.41 Å². The third-order valence-electron chi connectivity index (χ3n) is 8.02. The predicted octanol–water partition coefficient (Wildman–Crippen LogP) is 5.71. The molecule has 0 radical (unpaired) electrons. The number of ether oxygens (including phenoxy) is 1. The third-order valence-corrected chi connectivity index (χ3v) is 9.72. The largest absolute Gasteiger partial charge is 0.465 e.